The van der Waals surface area contributed by atoms with E-state index >= 15 is 0 Å². The number of carbonyl (C=O) groups excluding carboxylic acids is 1. The van der Waals surface area contributed by atoms with Crippen LogP contribution in [-0.2, 0) is 15.9 Å². The van der Waals surface area contributed by atoms with E-state index in [2.05, 4.69) is 10.6 Å². The normalized spacial score (nSPS) is 15.0. The Hall–Kier alpha value is -2.66. The molecule has 0 saturated carbocycles. The van der Waals surface area contributed by atoms with Crippen LogP contribution in [0, 0.1) is 17.5 Å². The number of nitrogens with zero attached hydrogens (tertiary/aromatic N) is 1. The van der Waals surface area contributed by atoms with Gasteiger partial charge in [-0.2, -0.15) is 0 Å². The van der Waals surface area contributed by atoms with E-state index in [-0.39, 0.29) is 30.9 Å². The third-order valence-corrected chi connectivity index (χ3v) is 5.58. The number of ether oxygens (including phenoxy) is 2. The molecule has 180 valence electrons. The zero-order chi connectivity index (χ0) is 24.2. The standard InChI is InChI=1S/C23H28F3N3O4/c1-4-14-5-8-18(17(25)9-14)28-21-15(6-7-16(24)20(21)26)22(30)29-12-23(31,13-29)11-27-10-19(32-2)33-3/h5-9,19,27-28,31H,4,10-13H2,1-3H3. The van der Waals surface area contributed by atoms with Crippen molar-refractivity contribution in [2.24, 2.45) is 0 Å². The second-order valence-electron chi connectivity index (χ2n) is 7.99. The molecule has 0 aliphatic carbocycles. The molecule has 7 nitrogen and oxygen atoms in total. The third-order valence-electron chi connectivity index (χ3n) is 5.58. The Balaban J connectivity index is 1.72. The van der Waals surface area contributed by atoms with Gasteiger partial charge >= 0.3 is 0 Å². The second-order valence-corrected chi connectivity index (χ2v) is 7.99. The number of methoxy groups -OCH3 is 2. The molecule has 0 unspecified atom stereocenters. The van der Waals surface area contributed by atoms with Crippen molar-refractivity contribution in [2.45, 2.75) is 25.2 Å². The molecule has 1 aliphatic heterocycles. The highest BCUT2D eigenvalue weighted by Gasteiger charge is 2.44. The molecule has 2 aromatic rings. The van der Waals surface area contributed by atoms with E-state index in [1.807, 2.05) is 6.92 Å². The molecular formula is C23H28F3N3O4. The summed E-state index contributed by atoms with van der Waals surface area (Å²) in [5, 5.41) is 16.1. The molecule has 0 spiro atoms. The van der Waals surface area contributed by atoms with Crippen LogP contribution < -0.4 is 10.6 Å². The van der Waals surface area contributed by atoms with Gasteiger partial charge in [-0.1, -0.05) is 13.0 Å². The SMILES string of the molecule is CCc1ccc(Nc2c(C(=O)N3CC(O)(CNCC(OC)OC)C3)ccc(F)c2F)c(F)c1. The molecule has 0 bridgehead atoms. The first kappa shape index (κ1) is 25.0. The fraction of sp³-hybridized carbons (Fsp3) is 0.435. The summed E-state index contributed by atoms with van der Waals surface area (Å²) in [6.07, 6.45) is 0.133. The highest BCUT2D eigenvalue weighted by atomic mass is 19.2. The minimum Gasteiger partial charge on any atom is -0.385 e. The van der Waals surface area contributed by atoms with Crippen LogP contribution in [0.5, 0.6) is 0 Å². The molecule has 1 fully saturated rings. The molecule has 0 atom stereocenters. The minimum atomic E-state index is -1.29. The Morgan fingerprint density at radius 3 is 2.45 bits per heavy atom. The maximum atomic E-state index is 14.6. The van der Waals surface area contributed by atoms with Crippen molar-refractivity contribution >= 4 is 17.3 Å². The number of rotatable bonds is 10. The number of carbonyl (C=O) groups is 1. The van der Waals surface area contributed by atoms with Crippen molar-refractivity contribution < 1.29 is 32.5 Å². The Labute approximate surface area is 190 Å². The van der Waals surface area contributed by atoms with E-state index in [9.17, 15) is 23.1 Å². The van der Waals surface area contributed by atoms with Gasteiger partial charge < -0.3 is 30.1 Å². The van der Waals surface area contributed by atoms with Crippen LogP contribution in [0.15, 0.2) is 30.3 Å². The number of aliphatic hydroxyl groups is 1. The largest absolute Gasteiger partial charge is 0.385 e. The third kappa shape index (κ3) is 5.64. The lowest BCUT2D eigenvalue weighted by molar-refractivity contribution is -0.108. The molecular weight excluding hydrogens is 439 g/mol. The van der Waals surface area contributed by atoms with Crippen molar-refractivity contribution in [3.8, 4) is 0 Å². The summed E-state index contributed by atoms with van der Waals surface area (Å²) in [7, 11) is 2.98. The number of β-amino-alcohol motifs (C(OH)–C–C–N with tert-alkyl or cyclic N) is 1. The lowest BCUT2D eigenvalue weighted by atomic mass is 9.92. The summed E-state index contributed by atoms with van der Waals surface area (Å²) < 4.78 is 53.1. The first-order valence-electron chi connectivity index (χ1n) is 10.5. The van der Waals surface area contributed by atoms with Gasteiger partial charge in [0.2, 0.25) is 0 Å². The number of benzene rings is 2. The van der Waals surface area contributed by atoms with Crippen molar-refractivity contribution in [1.82, 2.24) is 10.2 Å². The number of aryl methyl sites for hydroxylation is 1. The maximum Gasteiger partial charge on any atom is 0.256 e. The van der Waals surface area contributed by atoms with Crippen LogP contribution in [0.2, 0.25) is 0 Å². The second kappa shape index (κ2) is 10.5. The van der Waals surface area contributed by atoms with Crippen LogP contribution >= 0.6 is 0 Å². The van der Waals surface area contributed by atoms with Crippen LogP contribution in [0.25, 0.3) is 0 Å². The van der Waals surface area contributed by atoms with Crippen LogP contribution in [0.4, 0.5) is 24.5 Å². The van der Waals surface area contributed by atoms with Crippen molar-refractivity contribution in [3.05, 3.63) is 58.9 Å². The topological polar surface area (TPSA) is 83.1 Å². The maximum absolute atomic E-state index is 14.6. The van der Waals surface area contributed by atoms with Gasteiger partial charge in [-0.05, 0) is 36.2 Å². The smallest absolute Gasteiger partial charge is 0.256 e. The molecule has 2 aromatic carbocycles. The lowest BCUT2D eigenvalue weighted by Crippen LogP contribution is -2.67. The number of amides is 1. The molecule has 1 saturated heterocycles. The number of hydrogen-bond donors (Lipinski definition) is 3. The molecule has 0 aromatic heterocycles. The lowest BCUT2D eigenvalue weighted by Gasteiger charge is -2.46. The van der Waals surface area contributed by atoms with E-state index in [1.54, 1.807) is 6.07 Å². The Kier molecular flexibility index (Phi) is 7.96. The van der Waals surface area contributed by atoms with Gasteiger partial charge in [-0.15, -0.1) is 0 Å². The number of hydrogen-bond acceptors (Lipinski definition) is 6. The fourth-order valence-corrected chi connectivity index (χ4v) is 3.64. The summed E-state index contributed by atoms with van der Waals surface area (Å²) >= 11 is 0. The predicted molar refractivity (Wildman–Crippen MR) is 117 cm³/mol. The first-order chi connectivity index (χ1) is 15.7. The zero-order valence-corrected chi connectivity index (χ0v) is 18.8. The minimum absolute atomic E-state index is 0.0124. The average Bonchev–Trinajstić information content (AvgIpc) is 2.78. The zero-order valence-electron chi connectivity index (χ0n) is 18.8. The van der Waals surface area contributed by atoms with Gasteiger partial charge in [-0.25, -0.2) is 13.2 Å². The van der Waals surface area contributed by atoms with Crippen molar-refractivity contribution in [3.63, 3.8) is 0 Å². The molecule has 3 rings (SSSR count). The fourth-order valence-electron chi connectivity index (χ4n) is 3.64. The Morgan fingerprint density at radius 2 is 1.85 bits per heavy atom. The number of likely N-dealkylation sites (tertiary alicyclic amines) is 1. The molecule has 1 aliphatic rings. The summed E-state index contributed by atoms with van der Waals surface area (Å²) in [6, 6.07) is 6.34. The predicted octanol–water partition coefficient (Wildman–Crippen LogP) is 2.81. The van der Waals surface area contributed by atoms with E-state index in [0.717, 1.165) is 17.7 Å². The van der Waals surface area contributed by atoms with Crippen LogP contribution in [0.1, 0.15) is 22.8 Å². The first-order valence-corrected chi connectivity index (χ1v) is 10.5. The summed E-state index contributed by atoms with van der Waals surface area (Å²) in [5.41, 5.74) is -1.15. The summed E-state index contributed by atoms with van der Waals surface area (Å²) in [4.78, 5) is 14.3. The monoisotopic (exact) mass is 467 g/mol. The van der Waals surface area contributed by atoms with Gasteiger partial charge in [0, 0.05) is 27.3 Å². The number of halogens is 3. The van der Waals surface area contributed by atoms with E-state index in [1.165, 1.54) is 31.3 Å². The average molecular weight is 467 g/mol. The molecule has 33 heavy (non-hydrogen) atoms. The highest BCUT2D eigenvalue weighted by molar-refractivity contribution is 6.01. The molecule has 0 radical (unpaired) electrons. The van der Waals surface area contributed by atoms with Gasteiger partial charge in [0.15, 0.2) is 17.9 Å². The van der Waals surface area contributed by atoms with Gasteiger partial charge in [-0.3, -0.25) is 4.79 Å². The van der Waals surface area contributed by atoms with Gasteiger partial charge in [0.1, 0.15) is 11.4 Å². The molecule has 3 N–H and O–H groups in total. The van der Waals surface area contributed by atoms with Crippen LogP contribution in [-0.4, -0.2) is 68.2 Å². The molecule has 1 amide bonds. The van der Waals surface area contributed by atoms with Gasteiger partial charge in [0.25, 0.3) is 5.91 Å². The molecule has 10 heteroatoms. The van der Waals surface area contributed by atoms with E-state index in [4.69, 9.17) is 9.47 Å². The number of anilines is 2. The van der Waals surface area contributed by atoms with Gasteiger partial charge in [0.05, 0.1) is 30.0 Å². The summed E-state index contributed by atoms with van der Waals surface area (Å²) in [5.74, 6) is -3.72. The number of nitrogens with one attached hydrogen (secondary N) is 2. The Bertz CT molecular complexity index is 995. The summed E-state index contributed by atoms with van der Waals surface area (Å²) in [6.45, 7) is 2.35. The Morgan fingerprint density at radius 1 is 1.15 bits per heavy atom. The van der Waals surface area contributed by atoms with E-state index < -0.39 is 40.9 Å². The molecule has 1 heterocycles. The highest BCUT2D eigenvalue weighted by Crippen LogP contribution is 2.31. The van der Waals surface area contributed by atoms with Crippen molar-refractivity contribution in [2.75, 3.05) is 45.7 Å². The van der Waals surface area contributed by atoms with Crippen molar-refractivity contribution in [1.29, 1.82) is 0 Å². The van der Waals surface area contributed by atoms with E-state index in [0.29, 0.717) is 13.0 Å². The quantitative estimate of drug-likeness (QED) is 0.466. The van der Waals surface area contributed by atoms with Crippen LogP contribution in [0.3, 0.4) is 0 Å².